The normalized spacial score (nSPS) is 14.1. The maximum Gasteiger partial charge on any atom is 0.255 e. The fraction of sp³-hybridized carbons (Fsp3) is 0.269. The Morgan fingerprint density at radius 3 is 2.34 bits per heavy atom. The van der Waals surface area contributed by atoms with Crippen molar-refractivity contribution < 1.29 is 14.3 Å². The largest absolute Gasteiger partial charge is 0.497 e. The summed E-state index contributed by atoms with van der Waals surface area (Å²) >= 11 is 0. The maximum atomic E-state index is 12.6. The number of methoxy groups -OCH3 is 2. The van der Waals surface area contributed by atoms with E-state index in [9.17, 15) is 4.79 Å². The molecule has 6 heteroatoms. The van der Waals surface area contributed by atoms with Crippen LogP contribution in [0.1, 0.15) is 15.9 Å². The first-order valence-corrected chi connectivity index (χ1v) is 10.8. The van der Waals surface area contributed by atoms with Gasteiger partial charge in [-0.05, 0) is 42.0 Å². The van der Waals surface area contributed by atoms with Crippen LogP contribution in [-0.2, 0) is 6.54 Å². The third-order valence-electron chi connectivity index (χ3n) is 5.75. The third kappa shape index (κ3) is 5.21. The first-order valence-electron chi connectivity index (χ1n) is 10.8. The minimum Gasteiger partial charge on any atom is -0.497 e. The molecule has 1 amide bonds. The summed E-state index contributed by atoms with van der Waals surface area (Å²) in [5.41, 5.74) is 3.71. The summed E-state index contributed by atoms with van der Waals surface area (Å²) in [5, 5.41) is 2.92. The highest BCUT2D eigenvalue weighted by molar-refractivity contribution is 6.04. The van der Waals surface area contributed by atoms with Crippen LogP contribution in [-0.4, -0.2) is 51.2 Å². The summed E-state index contributed by atoms with van der Waals surface area (Å²) in [4.78, 5) is 17.4. The Hall–Kier alpha value is -3.51. The molecule has 6 nitrogen and oxygen atoms in total. The number of amides is 1. The Bertz CT molecular complexity index is 1040. The van der Waals surface area contributed by atoms with Crippen molar-refractivity contribution >= 4 is 17.3 Å². The summed E-state index contributed by atoms with van der Waals surface area (Å²) in [7, 11) is 3.33. The minimum atomic E-state index is -0.129. The van der Waals surface area contributed by atoms with Gasteiger partial charge in [0, 0.05) is 50.0 Å². The molecule has 0 radical (unpaired) electrons. The number of carbonyl (C=O) groups is 1. The van der Waals surface area contributed by atoms with Crippen LogP contribution < -0.4 is 19.7 Å². The average molecular weight is 432 g/mol. The molecule has 1 fully saturated rings. The molecule has 3 aromatic carbocycles. The number of carbonyl (C=O) groups excluding carboxylic acids is 1. The molecule has 1 N–H and O–H groups in total. The average Bonchev–Trinajstić information content (AvgIpc) is 2.85. The van der Waals surface area contributed by atoms with Gasteiger partial charge in [-0.1, -0.05) is 30.3 Å². The first-order chi connectivity index (χ1) is 15.7. The molecule has 0 unspecified atom stereocenters. The van der Waals surface area contributed by atoms with E-state index in [1.807, 2.05) is 54.6 Å². The van der Waals surface area contributed by atoms with E-state index in [0.29, 0.717) is 17.0 Å². The second-order valence-electron chi connectivity index (χ2n) is 7.82. The van der Waals surface area contributed by atoms with E-state index in [2.05, 4.69) is 27.2 Å². The lowest BCUT2D eigenvalue weighted by Crippen LogP contribution is -2.46. The second-order valence-corrected chi connectivity index (χ2v) is 7.82. The molecule has 166 valence electrons. The van der Waals surface area contributed by atoms with Gasteiger partial charge in [0.2, 0.25) is 0 Å². The summed E-state index contributed by atoms with van der Waals surface area (Å²) in [6.07, 6.45) is 0. The van der Waals surface area contributed by atoms with E-state index in [1.54, 1.807) is 20.3 Å². The van der Waals surface area contributed by atoms with Gasteiger partial charge in [0.15, 0.2) is 0 Å². The van der Waals surface area contributed by atoms with Crippen molar-refractivity contribution in [2.24, 2.45) is 0 Å². The van der Waals surface area contributed by atoms with E-state index in [1.165, 1.54) is 5.56 Å². The molecule has 1 aliphatic rings. The lowest BCUT2D eigenvalue weighted by Gasteiger charge is -2.36. The van der Waals surface area contributed by atoms with Crippen LogP contribution in [0.5, 0.6) is 11.5 Å². The molecule has 0 bridgehead atoms. The molecule has 1 saturated heterocycles. The van der Waals surface area contributed by atoms with E-state index < -0.39 is 0 Å². The van der Waals surface area contributed by atoms with Gasteiger partial charge in [0.05, 0.1) is 19.9 Å². The molecular formula is C26H29N3O3. The molecule has 0 spiro atoms. The molecule has 1 aliphatic heterocycles. The monoisotopic (exact) mass is 431 g/mol. The second kappa shape index (κ2) is 10.2. The zero-order valence-electron chi connectivity index (χ0n) is 18.6. The van der Waals surface area contributed by atoms with Crippen LogP contribution in [0, 0.1) is 0 Å². The minimum absolute atomic E-state index is 0.129. The van der Waals surface area contributed by atoms with Crippen molar-refractivity contribution in [1.82, 2.24) is 4.90 Å². The number of rotatable bonds is 7. The third-order valence-corrected chi connectivity index (χ3v) is 5.75. The van der Waals surface area contributed by atoms with Gasteiger partial charge in [0.1, 0.15) is 11.5 Å². The van der Waals surface area contributed by atoms with Gasteiger partial charge >= 0.3 is 0 Å². The highest BCUT2D eigenvalue weighted by Crippen LogP contribution is 2.28. The molecule has 0 aliphatic carbocycles. The lowest BCUT2D eigenvalue weighted by atomic mass is 10.1. The Kier molecular flexibility index (Phi) is 6.92. The number of nitrogens with zero attached hydrogens (tertiary/aromatic N) is 2. The molecule has 0 aromatic heterocycles. The van der Waals surface area contributed by atoms with Gasteiger partial charge in [-0.3, -0.25) is 9.69 Å². The predicted octanol–water partition coefficient (Wildman–Crippen LogP) is 4.28. The van der Waals surface area contributed by atoms with Gasteiger partial charge in [-0.15, -0.1) is 0 Å². The van der Waals surface area contributed by atoms with Crippen molar-refractivity contribution in [3.8, 4) is 11.5 Å². The Balaban J connectivity index is 1.31. The summed E-state index contributed by atoms with van der Waals surface area (Å²) < 4.78 is 10.7. The van der Waals surface area contributed by atoms with Crippen molar-refractivity contribution in [2.75, 3.05) is 50.6 Å². The zero-order valence-corrected chi connectivity index (χ0v) is 18.6. The van der Waals surface area contributed by atoms with Gasteiger partial charge in [0.25, 0.3) is 5.91 Å². The number of benzene rings is 3. The molecule has 0 atom stereocenters. The van der Waals surface area contributed by atoms with E-state index in [-0.39, 0.29) is 5.91 Å². The summed E-state index contributed by atoms with van der Waals surface area (Å²) in [6.45, 7) is 4.76. The van der Waals surface area contributed by atoms with Crippen LogP contribution in [0.4, 0.5) is 11.4 Å². The summed E-state index contributed by atoms with van der Waals surface area (Å²) in [5.74, 6) is 1.50. The molecule has 4 rings (SSSR count). The Labute approximate surface area is 189 Å². The van der Waals surface area contributed by atoms with E-state index in [4.69, 9.17) is 9.47 Å². The zero-order chi connectivity index (χ0) is 22.3. The molecule has 32 heavy (non-hydrogen) atoms. The predicted molar refractivity (Wildman–Crippen MR) is 128 cm³/mol. The van der Waals surface area contributed by atoms with Crippen molar-refractivity contribution in [3.05, 3.63) is 83.9 Å². The smallest absolute Gasteiger partial charge is 0.255 e. The lowest BCUT2D eigenvalue weighted by molar-refractivity contribution is 0.102. The number of anilines is 2. The van der Waals surface area contributed by atoms with Gasteiger partial charge < -0.3 is 19.7 Å². The number of piperazine rings is 1. The fourth-order valence-electron chi connectivity index (χ4n) is 3.96. The Morgan fingerprint density at radius 1 is 0.875 bits per heavy atom. The number of nitrogens with one attached hydrogen (secondary N) is 1. The molecular weight excluding hydrogens is 402 g/mol. The topological polar surface area (TPSA) is 54.0 Å². The highest BCUT2D eigenvalue weighted by Gasteiger charge is 2.19. The standard InChI is InChI=1S/C26H29N3O3/c1-31-23-7-5-6-22(18-23)27-26(30)21-12-10-20(11-13-21)19-28-14-16-29(17-15-28)24-8-3-4-9-25(24)32-2/h3-13,18H,14-17,19H2,1-2H3,(H,27,30). The number of ether oxygens (including phenoxy) is 2. The van der Waals surface area contributed by atoms with Crippen LogP contribution >= 0.6 is 0 Å². The Morgan fingerprint density at radius 2 is 1.62 bits per heavy atom. The molecule has 3 aromatic rings. The number of hydrogen-bond acceptors (Lipinski definition) is 5. The fourth-order valence-corrected chi connectivity index (χ4v) is 3.96. The highest BCUT2D eigenvalue weighted by atomic mass is 16.5. The maximum absolute atomic E-state index is 12.6. The van der Waals surface area contributed by atoms with Crippen molar-refractivity contribution in [1.29, 1.82) is 0 Å². The van der Waals surface area contributed by atoms with Crippen LogP contribution in [0.15, 0.2) is 72.8 Å². The number of hydrogen-bond donors (Lipinski definition) is 1. The number of para-hydroxylation sites is 2. The summed E-state index contributed by atoms with van der Waals surface area (Å²) in [6, 6.07) is 23.4. The molecule has 0 saturated carbocycles. The van der Waals surface area contributed by atoms with E-state index in [0.717, 1.165) is 44.2 Å². The first kappa shape index (κ1) is 21.7. The van der Waals surface area contributed by atoms with Gasteiger partial charge in [-0.2, -0.15) is 0 Å². The van der Waals surface area contributed by atoms with Gasteiger partial charge in [-0.25, -0.2) is 0 Å². The quantitative estimate of drug-likeness (QED) is 0.605. The van der Waals surface area contributed by atoms with E-state index >= 15 is 0 Å². The SMILES string of the molecule is COc1cccc(NC(=O)c2ccc(CN3CCN(c4ccccc4OC)CC3)cc2)c1. The van der Waals surface area contributed by atoms with Crippen LogP contribution in [0.25, 0.3) is 0 Å². The van der Waals surface area contributed by atoms with Crippen LogP contribution in [0.2, 0.25) is 0 Å². The molecule has 1 heterocycles. The van der Waals surface area contributed by atoms with Crippen molar-refractivity contribution in [2.45, 2.75) is 6.54 Å². The van der Waals surface area contributed by atoms with Crippen molar-refractivity contribution in [3.63, 3.8) is 0 Å². The van der Waals surface area contributed by atoms with Crippen LogP contribution in [0.3, 0.4) is 0 Å².